The second kappa shape index (κ2) is 10.00. The molecule has 0 radical (unpaired) electrons. The van der Waals surface area contributed by atoms with Crippen molar-refractivity contribution in [3.05, 3.63) is 82.6 Å². The van der Waals surface area contributed by atoms with Crippen LogP contribution < -0.4 is 5.69 Å². The second-order valence-electron chi connectivity index (χ2n) is 7.61. The number of nitrogens with zero attached hydrogens (tertiary/aromatic N) is 6. The molecule has 8 heteroatoms. The zero-order valence-electron chi connectivity index (χ0n) is 18.4. The number of allylic oxidation sites excluding steroid dienone is 2. The SMILES string of the molecule is CC=CCc1nn(CCCC)c(=O)n1Cc1ccc(-c2ccccc2-c2nn[nH]n2)cc1. The average molecular weight is 430 g/mol. The molecule has 0 saturated heterocycles. The molecule has 0 amide bonds. The van der Waals surface area contributed by atoms with Crippen molar-refractivity contribution in [3.63, 3.8) is 0 Å². The first-order valence-corrected chi connectivity index (χ1v) is 10.9. The number of rotatable bonds is 9. The Labute approximate surface area is 186 Å². The Morgan fingerprint density at radius 3 is 2.53 bits per heavy atom. The maximum Gasteiger partial charge on any atom is 0.346 e. The van der Waals surface area contributed by atoms with E-state index in [-0.39, 0.29) is 5.69 Å². The average Bonchev–Trinajstić information content (AvgIpc) is 3.46. The van der Waals surface area contributed by atoms with Gasteiger partial charge in [-0.3, -0.25) is 4.57 Å². The van der Waals surface area contributed by atoms with E-state index >= 15 is 0 Å². The Kier molecular flexibility index (Phi) is 6.69. The molecule has 0 fully saturated rings. The van der Waals surface area contributed by atoms with Gasteiger partial charge in [-0.1, -0.05) is 74.0 Å². The Hall–Kier alpha value is -3.81. The molecule has 8 nitrogen and oxygen atoms in total. The van der Waals surface area contributed by atoms with Crippen molar-refractivity contribution in [2.45, 2.75) is 46.2 Å². The number of aromatic amines is 1. The Morgan fingerprint density at radius 2 is 1.84 bits per heavy atom. The normalized spacial score (nSPS) is 11.4. The van der Waals surface area contributed by atoms with E-state index in [0.29, 0.717) is 25.3 Å². The Morgan fingerprint density at radius 1 is 1.06 bits per heavy atom. The van der Waals surface area contributed by atoms with Gasteiger partial charge in [-0.05, 0) is 35.2 Å². The van der Waals surface area contributed by atoms with Crippen molar-refractivity contribution in [2.75, 3.05) is 0 Å². The van der Waals surface area contributed by atoms with Gasteiger partial charge in [-0.2, -0.15) is 10.3 Å². The van der Waals surface area contributed by atoms with Crippen LogP contribution >= 0.6 is 0 Å². The van der Waals surface area contributed by atoms with Gasteiger partial charge in [-0.25, -0.2) is 9.48 Å². The van der Waals surface area contributed by atoms with Crippen LogP contribution in [-0.4, -0.2) is 35.0 Å². The zero-order chi connectivity index (χ0) is 22.3. The van der Waals surface area contributed by atoms with Gasteiger partial charge in [0.2, 0.25) is 5.82 Å². The molecule has 1 N–H and O–H groups in total. The molecule has 164 valence electrons. The van der Waals surface area contributed by atoms with Gasteiger partial charge in [0, 0.05) is 18.5 Å². The smallest absolute Gasteiger partial charge is 0.274 e. The van der Waals surface area contributed by atoms with Gasteiger partial charge in [-0.15, -0.1) is 10.2 Å². The number of hydrogen-bond donors (Lipinski definition) is 1. The molecule has 4 aromatic rings. The summed E-state index contributed by atoms with van der Waals surface area (Å²) in [5.74, 6) is 1.35. The molecule has 2 aromatic heterocycles. The Balaban J connectivity index is 1.61. The fourth-order valence-corrected chi connectivity index (χ4v) is 3.65. The molecule has 2 heterocycles. The van der Waals surface area contributed by atoms with Crippen LogP contribution in [-0.2, 0) is 19.5 Å². The summed E-state index contributed by atoms with van der Waals surface area (Å²) in [6, 6.07) is 16.2. The molecule has 2 aromatic carbocycles. The van der Waals surface area contributed by atoms with Crippen LogP contribution in [0.5, 0.6) is 0 Å². The van der Waals surface area contributed by atoms with Crippen LogP contribution in [0, 0.1) is 0 Å². The number of aromatic nitrogens is 7. The van der Waals surface area contributed by atoms with Gasteiger partial charge < -0.3 is 0 Å². The summed E-state index contributed by atoms with van der Waals surface area (Å²) in [7, 11) is 0. The lowest BCUT2D eigenvalue weighted by molar-refractivity contribution is 0.545. The first-order valence-electron chi connectivity index (χ1n) is 10.9. The van der Waals surface area contributed by atoms with E-state index in [1.165, 1.54) is 0 Å². The van der Waals surface area contributed by atoms with E-state index in [1.807, 2.05) is 43.3 Å². The van der Waals surface area contributed by atoms with Crippen LogP contribution in [0.15, 0.2) is 65.5 Å². The number of aryl methyl sites for hydroxylation is 1. The maximum absolute atomic E-state index is 12.9. The van der Waals surface area contributed by atoms with E-state index < -0.39 is 0 Å². The third-order valence-electron chi connectivity index (χ3n) is 5.38. The van der Waals surface area contributed by atoms with Crippen molar-refractivity contribution in [3.8, 4) is 22.5 Å². The van der Waals surface area contributed by atoms with E-state index in [2.05, 4.69) is 56.9 Å². The predicted molar refractivity (Wildman–Crippen MR) is 124 cm³/mol. The molecule has 0 aliphatic rings. The minimum Gasteiger partial charge on any atom is -0.274 e. The highest BCUT2D eigenvalue weighted by Crippen LogP contribution is 2.29. The minimum atomic E-state index is -0.0514. The summed E-state index contributed by atoms with van der Waals surface area (Å²) < 4.78 is 3.37. The maximum atomic E-state index is 12.9. The standard InChI is InChI=1S/C24H27N7O/c1-3-5-11-22-27-31(16-6-4-2)24(32)30(22)17-18-12-14-19(15-13-18)20-9-7-8-10-21(20)23-25-28-29-26-23/h3,5,7-10,12-15H,4,6,11,16-17H2,1-2H3,(H,25,26,28,29). The molecule has 4 rings (SSSR count). The Bertz CT molecular complexity index is 1230. The van der Waals surface area contributed by atoms with Gasteiger partial charge in [0.15, 0.2) is 0 Å². The van der Waals surface area contributed by atoms with Crippen LogP contribution in [0.25, 0.3) is 22.5 Å². The minimum absolute atomic E-state index is 0.0514. The predicted octanol–water partition coefficient (Wildman–Crippen LogP) is 3.86. The largest absolute Gasteiger partial charge is 0.346 e. The van der Waals surface area contributed by atoms with Gasteiger partial charge in [0.05, 0.1) is 6.54 Å². The van der Waals surface area contributed by atoms with Gasteiger partial charge >= 0.3 is 5.69 Å². The zero-order valence-corrected chi connectivity index (χ0v) is 18.4. The van der Waals surface area contributed by atoms with Gasteiger partial charge in [0.1, 0.15) is 5.82 Å². The topological polar surface area (TPSA) is 94.3 Å². The molecular formula is C24H27N7O. The molecule has 0 aliphatic heterocycles. The van der Waals surface area contributed by atoms with Gasteiger partial charge in [0.25, 0.3) is 0 Å². The number of tetrazole rings is 1. The number of benzene rings is 2. The molecule has 0 saturated carbocycles. The van der Waals surface area contributed by atoms with Crippen molar-refractivity contribution >= 4 is 0 Å². The summed E-state index contributed by atoms with van der Waals surface area (Å²) >= 11 is 0. The monoisotopic (exact) mass is 429 g/mol. The van der Waals surface area contributed by atoms with Crippen LogP contribution in [0.2, 0.25) is 0 Å². The summed E-state index contributed by atoms with van der Waals surface area (Å²) in [5, 5.41) is 19.0. The highest BCUT2D eigenvalue weighted by molar-refractivity contribution is 5.80. The lowest BCUT2D eigenvalue weighted by Gasteiger charge is -2.09. The van der Waals surface area contributed by atoms with Crippen LogP contribution in [0.3, 0.4) is 0 Å². The molecular weight excluding hydrogens is 402 g/mol. The third-order valence-corrected chi connectivity index (χ3v) is 5.38. The summed E-state index contributed by atoms with van der Waals surface area (Å²) in [6.45, 7) is 5.23. The van der Waals surface area contributed by atoms with E-state index in [4.69, 9.17) is 0 Å². The molecule has 0 bridgehead atoms. The van der Waals surface area contributed by atoms with Crippen molar-refractivity contribution < 1.29 is 0 Å². The number of hydrogen-bond acceptors (Lipinski definition) is 5. The summed E-state index contributed by atoms with van der Waals surface area (Å²) in [4.78, 5) is 12.9. The second-order valence-corrected chi connectivity index (χ2v) is 7.61. The molecule has 0 unspecified atom stereocenters. The van der Waals surface area contributed by atoms with Crippen LogP contribution in [0.1, 0.15) is 38.1 Å². The number of H-pyrrole nitrogens is 1. The molecule has 32 heavy (non-hydrogen) atoms. The summed E-state index contributed by atoms with van der Waals surface area (Å²) in [5.41, 5.74) is 3.98. The lowest BCUT2D eigenvalue weighted by atomic mass is 9.98. The molecule has 0 aliphatic carbocycles. The van der Waals surface area contributed by atoms with Crippen molar-refractivity contribution in [1.29, 1.82) is 0 Å². The first-order chi connectivity index (χ1) is 15.7. The lowest BCUT2D eigenvalue weighted by Crippen LogP contribution is -2.26. The van der Waals surface area contributed by atoms with E-state index in [0.717, 1.165) is 40.9 Å². The summed E-state index contributed by atoms with van der Waals surface area (Å²) in [6.07, 6.45) is 6.61. The molecule has 0 atom stereocenters. The highest BCUT2D eigenvalue weighted by Gasteiger charge is 2.14. The number of unbranched alkanes of at least 4 members (excludes halogenated alkanes) is 1. The fourth-order valence-electron chi connectivity index (χ4n) is 3.65. The molecule has 0 spiro atoms. The van der Waals surface area contributed by atoms with E-state index in [1.54, 1.807) is 9.25 Å². The number of nitrogens with one attached hydrogen (secondary N) is 1. The first kappa shape index (κ1) is 21.4. The fraction of sp³-hybridized carbons (Fsp3) is 0.292. The van der Waals surface area contributed by atoms with Crippen molar-refractivity contribution in [1.82, 2.24) is 35.0 Å². The van der Waals surface area contributed by atoms with Crippen LogP contribution in [0.4, 0.5) is 0 Å². The quantitative estimate of drug-likeness (QED) is 0.408. The van der Waals surface area contributed by atoms with E-state index in [9.17, 15) is 4.79 Å². The third kappa shape index (κ3) is 4.59. The highest BCUT2D eigenvalue weighted by atomic mass is 16.2. The van der Waals surface area contributed by atoms with Crippen molar-refractivity contribution in [2.24, 2.45) is 0 Å².